The van der Waals surface area contributed by atoms with E-state index >= 15 is 0 Å². The Morgan fingerprint density at radius 3 is 2.30 bits per heavy atom. The number of nitrogens with zero attached hydrogens (tertiary/aromatic N) is 7. The van der Waals surface area contributed by atoms with Gasteiger partial charge < -0.3 is 83.9 Å². The van der Waals surface area contributed by atoms with Gasteiger partial charge in [0.15, 0.2) is 16.9 Å². The summed E-state index contributed by atoms with van der Waals surface area (Å²) in [6.45, 7) is 10.4. The van der Waals surface area contributed by atoms with Crippen LogP contribution in [0.4, 0.5) is 21.4 Å². The molecule has 4 aliphatic carbocycles. The molecule has 2 unspecified atom stereocenters. The van der Waals surface area contributed by atoms with Gasteiger partial charge in [-0.3, -0.25) is 38.9 Å². The highest BCUT2D eigenvalue weighted by Crippen LogP contribution is 2.63. The number of amides is 6. The number of imide groups is 1. The van der Waals surface area contributed by atoms with E-state index in [2.05, 4.69) is 27.5 Å². The van der Waals surface area contributed by atoms with Gasteiger partial charge >= 0.3 is 18.0 Å². The first kappa shape index (κ1) is 76.8. The molecule has 6 amide bonds. The van der Waals surface area contributed by atoms with E-state index in [-0.39, 0.29) is 113 Å². The molecule has 562 valence electrons. The van der Waals surface area contributed by atoms with Crippen molar-refractivity contribution >= 4 is 87.7 Å². The maximum absolute atomic E-state index is 13.8. The number of carboxylic acids is 2. The van der Waals surface area contributed by atoms with Crippen molar-refractivity contribution in [2.24, 2.45) is 17.3 Å². The van der Waals surface area contributed by atoms with Crippen LogP contribution in [0.15, 0.2) is 79.5 Å². The molecule has 1 saturated heterocycles. The highest BCUT2D eigenvalue weighted by Gasteiger charge is 2.59. The van der Waals surface area contributed by atoms with Crippen LogP contribution in [-0.2, 0) is 83.2 Å². The number of aromatic carboxylic acids is 1. The molecule has 3 aromatic heterocycles. The molecule has 5 fully saturated rings. The number of aliphatic hydroxyl groups is 3. The van der Waals surface area contributed by atoms with Crippen molar-refractivity contribution in [3.8, 4) is 16.9 Å². The van der Waals surface area contributed by atoms with Gasteiger partial charge in [-0.1, -0.05) is 42.2 Å². The lowest BCUT2D eigenvalue weighted by Crippen LogP contribution is -2.61. The van der Waals surface area contributed by atoms with Crippen LogP contribution in [0.25, 0.3) is 23.3 Å². The van der Waals surface area contributed by atoms with Crippen LogP contribution >= 0.6 is 11.3 Å². The lowest BCUT2D eigenvalue weighted by Gasteiger charge is -2.61. The topological polar surface area (TPSA) is 401 Å². The number of pyridine rings is 1. The number of carbonyl (C=O) groups excluding carboxylic acids is 6. The molecule has 31 nitrogen and oxygen atoms in total. The Kier molecular flexibility index (Phi) is 25.4. The third-order valence-corrected chi connectivity index (χ3v) is 20.6. The van der Waals surface area contributed by atoms with Crippen molar-refractivity contribution in [3.05, 3.63) is 124 Å². The van der Waals surface area contributed by atoms with E-state index in [1.54, 1.807) is 18.3 Å². The Morgan fingerprint density at radius 2 is 1.57 bits per heavy atom. The Labute approximate surface area is 609 Å². The minimum atomic E-state index is -1.99. The first-order valence-corrected chi connectivity index (χ1v) is 35.7. The number of ether oxygens (including phenoxy) is 8. The van der Waals surface area contributed by atoms with Crippen molar-refractivity contribution in [3.63, 3.8) is 0 Å². The molecule has 7 atom stereocenters. The lowest BCUT2D eigenvalue weighted by atomic mass is 9.48. The van der Waals surface area contributed by atoms with Gasteiger partial charge in [0.1, 0.15) is 43.1 Å². The Balaban J connectivity index is 0.607. The van der Waals surface area contributed by atoms with E-state index in [1.807, 2.05) is 59.8 Å². The number of nitrogens with one attached hydrogen (secondary N) is 3. The highest BCUT2D eigenvalue weighted by atomic mass is 32.1. The molecular formula is C73H88N10O21S. The highest BCUT2D eigenvalue weighted by molar-refractivity contribution is 7.16. The molecule has 3 aliphatic heterocycles. The summed E-state index contributed by atoms with van der Waals surface area (Å²) in [4.78, 5) is 115. The van der Waals surface area contributed by atoms with Gasteiger partial charge in [-0.25, -0.2) is 24.4 Å². The number of likely N-dealkylation sites (N-methyl/N-ethyl adjacent to an activating group) is 1. The van der Waals surface area contributed by atoms with Gasteiger partial charge in [-0.05, 0) is 135 Å². The zero-order valence-electron chi connectivity index (χ0n) is 58.6. The smallest absolute Gasteiger partial charge is 0.409 e. The van der Waals surface area contributed by atoms with Gasteiger partial charge in [-0.15, -0.1) is 0 Å². The van der Waals surface area contributed by atoms with Crippen molar-refractivity contribution in [1.29, 1.82) is 0 Å². The van der Waals surface area contributed by atoms with E-state index in [0.29, 0.717) is 84.3 Å². The molecule has 0 radical (unpaired) electrons. The zero-order chi connectivity index (χ0) is 74.5. The van der Waals surface area contributed by atoms with Crippen LogP contribution in [0.2, 0.25) is 0 Å². The van der Waals surface area contributed by atoms with E-state index in [9.17, 15) is 63.9 Å². The van der Waals surface area contributed by atoms with E-state index in [4.69, 9.17) is 48.0 Å². The maximum atomic E-state index is 13.8. The molecule has 8 N–H and O–H groups in total. The monoisotopic (exact) mass is 1470 g/mol. The molecule has 7 aliphatic rings. The number of aliphatic carboxylic acids is 1. The summed E-state index contributed by atoms with van der Waals surface area (Å²) in [6, 6.07) is 13.5. The number of allylic oxidation sites excluding steroid dienone is 1. The molecule has 32 heteroatoms. The molecule has 4 saturated carbocycles. The fourth-order valence-corrected chi connectivity index (χ4v) is 15.8. The minimum Gasteiger partial charge on any atom is -0.479 e. The number of aliphatic hydroxyl groups excluding tert-OH is 3. The Bertz CT molecular complexity index is 4070. The van der Waals surface area contributed by atoms with Crippen LogP contribution in [-0.4, -0.2) is 232 Å². The number of thiazole rings is 1. The van der Waals surface area contributed by atoms with Gasteiger partial charge in [0.2, 0.25) is 18.1 Å². The number of fused-ring (bicyclic) bond motifs is 1. The average molecular weight is 1470 g/mol. The van der Waals surface area contributed by atoms with Gasteiger partial charge in [0.25, 0.3) is 17.7 Å². The normalized spacial score (nSPS) is 23.0. The van der Waals surface area contributed by atoms with Gasteiger partial charge in [0.05, 0.1) is 87.5 Å². The number of hydrogen-bond donors (Lipinski definition) is 8. The quantitative estimate of drug-likeness (QED) is 0.0188. The summed E-state index contributed by atoms with van der Waals surface area (Å²) in [7, 11) is 1.52. The first-order valence-electron chi connectivity index (χ1n) is 34.9. The first-order chi connectivity index (χ1) is 50.5. The van der Waals surface area contributed by atoms with Crippen LogP contribution < -0.4 is 25.6 Å². The van der Waals surface area contributed by atoms with E-state index in [1.165, 1.54) is 53.6 Å². The zero-order valence-corrected chi connectivity index (χ0v) is 59.4. The summed E-state index contributed by atoms with van der Waals surface area (Å²) in [5.74, 6) is -3.79. The third-order valence-electron chi connectivity index (χ3n) is 19.6. The van der Waals surface area contributed by atoms with Crippen LogP contribution in [0.3, 0.4) is 0 Å². The molecule has 0 spiro atoms. The summed E-state index contributed by atoms with van der Waals surface area (Å²) >= 11 is 1.34. The number of carbonyl (C=O) groups is 8. The standard InChI is InChI=1S/C73H88N10O21S/c1-5-8-52-55(6-2)105-70(77-52)79-66(91)49-10-7-9-47-18-20-81(38-51(47)49)56-14-12-48(61(78-56)67(92)93)50-37-75-83(43(50)3)42-72-33-45-31-46(34-72)36-73(35-45,41-72)102-30-29-99-26-25-97-23-21-80(4)71(96)101-39-44-11-13-54(103-69-64(90)62(88)63(89)65(104-69)68(94)95)53(32-44)76-57(84)17-19-74-58(85)40-100-28-27-98-24-22-82-59(86)15-16-60(82)87/h5-16,32,37,45-46,62-65,69,88-90H,2,17-31,33-36,38-42H2,1,3-4H3,(H,74,85)(H,76,84)(H,92,93)(H,94,95)(H,77,79,91)/b8-5-/t45?,46?,62-,63-,64+,65-,69+,72?,73?/m0/s1. The second-order valence-electron chi connectivity index (χ2n) is 27.1. The Hall–Kier alpha value is -9.35. The molecule has 2 aromatic carbocycles. The maximum Gasteiger partial charge on any atom is 0.409 e. The largest absolute Gasteiger partial charge is 0.479 e. The molecule has 6 heterocycles. The van der Waals surface area contributed by atoms with Crippen LogP contribution in [0.1, 0.15) is 106 Å². The molecular weight excluding hydrogens is 1380 g/mol. The van der Waals surface area contributed by atoms with Crippen molar-refractivity contribution in [2.45, 2.75) is 121 Å². The summed E-state index contributed by atoms with van der Waals surface area (Å²) in [6.07, 6.45) is 5.60. The molecule has 105 heavy (non-hydrogen) atoms. The predicted molar refractivity (Wildman–Crippen MR) is 379 cm³/mol. The Morgan fingerprint density at radius 1 is 0.838 bits per heavy atom. The lowest BCUT2D eigenvalue weighted by molar-refractivity contribution is -0.271. The third kappa shape index (κ3) is 18.8. The summed E-state index contributed by atoms with van der Waals surface area (Å²) in [5.41, 5.74) is 5.01. The summed E-state index contributed by atoms with van der Waals surface area (Å²) in [5, 5.41) is 65.0. The average Bonchev–Trinajstić information content (AvgIpc) is 1.26. The van der Waals surface area contributed by atoms with Gasteiger partial charge in [-0.2, -0.15) is 5.10 Å². The number of hydrogen-bond acceptors (Lipinski definition) is 24. The van der Waals surface area contributed by atoms with E-state index < -0.39 is 72.4 Å². The molecule has 5 aromatic rings. The van der Waals surface area contributed by atoms with Crippen molar-refractivity contribution in [2.75, 3.05) is 108 Å². The number of anilines is 3. The summed E-state index contributed by atoms with van der Waals surface area (Å²) < 4.78 is 47.8. The number of carboxylic acid groups (broad SMARTS) is 2. The second-order valence-corrected chi connectivity index (χ2v) is 28.1. The SMILES string of the molecule is C=Cc1sc(NC(=O)c2cccc3c2CN(c2ccc(-c4cnn(CC56CC7CC(C5)CC(OCCOCCOCCN(C)C(=O)OCc5ccc(O[C@@H]8O[C@H](C(=O)O)[C@@H](O)[C@H](O)[C@H]8O)c(NC(=O)CCNC(=O)COCCOCCN8C(=O)C=CC8=O)c5)(C7)C6)c4C)c(C(=O)O)n2)CC3)nc1/C=C\C. The second kappa shape index (κ2) is 34.7. The van der Waals surface area contributed by atoms with Crippen molar-refractivity contribution in [1.82, 2.24) is 34.9 Å². The fraction of sp³-hybridized carbons (Fsp3) is 0.493. The van der Waals surface area contributed by atoms with Crippen molar-refractivity contribution < 1.29 is 102 Å². The molecule has 12 rings (SSSR count). The fourth-order valence-electron chi connectivity index (χ4n) is 15.0. The van der Waals surface area contributed by atoms with Crippen LogP contribution in [0.5, 0.6) is 5.75 Å². The van der Waals surface area contributed by atoms with Crippen LogP contribution in [0, 0.1) is 24.2 Å². The predicted octanol–water partition coefficient (Wildman–Crippen LogP) is 5.23. The molecule has 4 bridgehead atoms. The number of rotatable bonds is 36. The number of benzene rings is 2. The van der Waals surface area contributed by atoms with Gasteiger partial charge in [0, 0.05) is 80.7 Å². The minimum absolute atomic E-state index is 0.0232. The van der Waals surface area contributed by atoms with E-state index in [0.717, 1.165) is 70.8 Å². The number of aromatic nitrogens is 4.